The van der Waals surface area contributed by atoms with Gasteiger partial charge >= 0.3 is 0 Å². The molecule has 2 aliphatic rings. The number of nitrogens with zero attached hydrogens (tertiary/aromatic N) is 1. The first-order valence-corrected chi connectivity index (χ1v) is 8.76. The average molecular weight is 318 g/mol. The summed E-state index contributed by atoms with van der Waals surface area (Å²) in [6, 6.07) is 6.97. The molecule has 3 rings (SSSR count). The Kier molecular flexibility index (Phi) is 4.72. The fraction of sp³-hybridized carbons (Fsp3) is 0.632. The number of carbonyl (C=O) groups excluding carboxylic acids is 1. The molecule has 23 heavy (non-hydrogen) atoms. The van der Waals surface area contributed by atoms with Gasteiger partial charge in [0.2, 0.25) is 5.91 Å². The molecule has 1 amide bonds. The second-order valence-electron chi connectivity index (χ2n) is 7.57. The smallest absolute Gasteiger partial charge is 0.229 e. The predicted octanol–water partition coefficient (Wildman–Crippen LogP) is 2.99. The Labute approximate surface area is 138 Å². The van der Waals surface area contributed by atoms with Crippen LogP contribution < -0.4 is 5.32 Å². The van der Waals surface area contributed by atoms with Crippen LogP contribution in [0.3, 0.4) is 0 Å². The van der Waals surface area contributed by atoms with Gasteiger partial charge in [0.25, 0.3) is 0 Å². The number of benzene rings is 1. The number of hydrogen-bond acceptors (Lipinski definition) is 2. The van der Waals surface area contributed by atoms with E-state index in [-0.39, 0.29) is 17.3 Å². The lowest BCUT2D eigenvalue weighted by molar-refractivity contribution is -0.138. The Morgan fingerprint density at radius 3 is 2.52 bits per heavy atom. The van der Waals surface area contributed by atoms with E-state index in [2.05, 4.69) is 24.1 Å². The summed E-state index contributed by atoms with van der Waals surface area (Å²) < 4.78 is 13.1. The van der Waals surface area contributed by atoms with Gasteiger partial charge in [-0.25, -0.2) is 4.39 Å². The summed E-state index contributed by atoms with van der Waals surface area (Å²) in [5, 5.41) is 3.37. The molecule has 2 fully saturated rings. The van der Waals surface area contributed by atoms with Gasteiger partial charge in [0.05, 0.1) is 5.41 Å². The van der Waals surface area contributed by atoms with Crippen LogP contribution >= 0.6 is 0 Å². The van der Waals surface area contributed by atoms with Crippen molar-refractivity contribution in [1.82, 2.24) is 10.2 Å². The summed E-state index contributed by atoms with van der Waals surface area (Å²) >= 11 is 0. The van der Waals surface area contributed by atoms with E-state index in [1.54, 1.807) is 0 Å². The molecule has 0 radical (unpaired) electrons. The van der Waals surface area contributed by atoms with E-state index in [9.17, 15) is 9.18 Å². The van der Waals surface area contributed by atoms with E-state index in [1.807, 2.05) is 12.1 Å². The molecule has 0 bridgehead atoms. The van der Waals surface area contributed by atoms with E-state index >= 15 is 0 Å². The van der Waals surface area contributed by atoms with Gasteiger partial charge in [0.1, 0.15) is 5.82 Å². The lowest BCUT2D eigenvalue weighted by atomic mass is 9.76. The second-order valence-corrected chi connectivity index (χ2v) is 7.57. The van der Waals surface area contributed by atoms with Gasteiger partial charge in [0, 0.05) is 12.6 Å². The number of carbonyl (C=O) groups is 1. The van der Waals surface area contributed by atoms with Gasteiger partial charge in [-0.3, -0.25) is 4.79 Å². The highest BCUT2D eigenvalue weighted by Crippen LogP contribution is 2.44. The number of likely N-dealkylation sites (tertiary alicyclic amines) is 1. The van der Waals surface area contributed by atoms with E-state index in [1.165, 1.54) is 12.1 Å². The van der Waals surface area contributed by atoms with Crippen molar-refractivity contribution in [2.75, 3.05) is 19.6 Å². The molecule has 126 valence electrons. The van der Waals surface area contributed by atoms with Crippen molar-refractivity contribution in [3.8, 4) is 0 Å². The SMILES string of the molecule is CC(C)CN1C(=O)C2(CCNCC2)CC1Cc1ccc(F)cc1. The van der Waals surface area contributed by atoms with E-state index < -0.39 is 0 Å². The van der Waals surface area contributed by atoms with Crippen LogP contribution in [0.4, 0.5) is 4.39 Å². The van der Waals surface area contributed by atoms with Gasteiger partial charge in [0.15, 0.2) is 0 Å². The highest BCUT2D eigenvalue weighted by atomic mass is 19.1. The minimum Gasteiger partial charge on any atom is -0.339 e. The fourth-order valence-electron chi connectivity index (χ4n) is 4.14. The zero-order valence-electron chi connectivity index (χ0n) is 14.1. The predicted molar refractivity (Wildman–Crippen MR) is 89.6 cm³/mol. The first-order chi connectivity index (χ1) is 11.0. The van der Waals surface area contributed by atoms with Crippen LogP contribution in [0.1, 0.15) is 38.7 Å². The number of halogens is 1. The van der Waals surface area contributed by atoms with Gasteiger partial charge in [-0.1, -0.05) is 26.0 Å². The number of nitrogens with one attached hydrogen (secondary N) is 1. The number of hydrogen-bond donors (Lipinski definition) is 1. The molecule has 1 aromatic rings. The Balaban J connectivity index is 1.80. The van der Waals surface area contributed by atoms with Crippen LogP contribution in [0.5, 0.6) is 0 Å². The molecule has 3 nitrogen and oxygen atoms in total. The molecule has 2 aliphatic heterocycles. The minimum atomic E-state index is -0.204. The third-order valence-corrected chi connectivity index (χ3v) is 5.29. The third-order valence-electron chi connectivity index (χ3n) is 5.29. The standard InChI is InChI=1S/C19H27FN2O/c1-14(2)13-22-17(11-15-3-5-16(20)6-4-15)12-19(18(22)23)7-9-21-10-8-19/h3-6,14,17,21H,7-13H2,1-2H3. The van der Waals surface area contributed by atoms with Gasteiger partial charge in [-0.2, -0.15) is 0 Å². The maximum absolute atomic E-state index is 13.1. The Hall–Kier alpha value is -1.42. The fourth-order valence-corrected chi connectivity index (χ4v) is 4.14. The first kappa shape index (κ1) is 16.4. The summed E-state index contributed by atoms with van der Waals surface area (Å²) in [6.45, 7) is 7.01. The highest BCUT2D eigenvalue weighted by Gasteiger charge is 2.51. The summed E-state index contributed by atoms with van der Waals surface area (Å²) in [5.41, 5.74) is 0.953. The van der Waals surface area contributed by atoms with E-state index in [0.717, 1.165) is 50.9 Å². The number of amides is 1. The van der Waals surface area contributed by atoms with Crippen molar-refractivity contribution >= 4 is 5.91 Å². The average Bonchev–Trinajstić information content (AvgIpc) is 2.75. The molecule has 0 saturated carbocycles. The van der Waals surface area contributed by atoms with Crippen LogP contribution in [0, 0.1) is 17.2 Å². The summed E-state index contributed by atoms with van der Waals surface area (Å²) in [4.78, 5) is 15.2. The maximum Gasteiger partial charge on any atom is 0.229 e. The van der Waals surface area contributed by atoms with Gasteiger partial charge < -0.3 is 10.2 Å². The summed E-state index contributed by atoms with van der Waals surface area (Å²) in [5.74, 6) is 0.608. The number of rotatable bonds is 4. The molecule has 1 N–H and O–H groups in total. The normalized spacial score (nSPS) is 23.9. The summed E-state index contributed by atoms with van der Waals surface area (Å²) in [7, 11) is 0. The van der Waals surface area contributed by atoms with Crippen LogP contribution in [0.25, 0.3) is 0 Å². The first-order valence-electron chi connectivity index (χ1n) is 8.76. The minimum absolute atomic E-state index is 0.162. The number of piperidine rings is 1. The zero-order chi connectivity index (χ0) is 16.4. The Morgan fingerprint density at radius 1 is 1.26 bits per heavy atom. The molecule has 2 heterocycles. The molecule has 1 unspecified atom stereocenters. The van der Waals surface area contributed by atoms with Crippen LogP contribution in [0.2, 0.25) is 0 Å². The molecule has 1 spiro atoms. The quantitative estimate of drug-likeness (QED) is 0.925. The van der Waals surface area contributed by atoms with Crippen molar-refractivity contribution < 1.29 is 9.18 Å². The van der Waals surface area contributed by atoms with Crippen molar-refractivity contribution in [3.05, 3.63) is 35.6 Å². The van der Waals surface area contributed by atoms with Crippen molar-refractivity contribution in [1.29, 1.82) is 0 Å². The van der Waals surface area contributed by atoms with E-state index in [4.69, 9.17) is 0 Å². The van der Waals surface area contributed by atoms with Gasteiger partial charge in [-0.05, 0) is 62.4 Å². The topological polar surface area (TPSA) is 32.3 Å². The van der Waals surface area contributed by atoms with Crippen LogP contribution in [0.15, 0.2) is 24.3 Å². The molecule has 1 aromatic carbocycles. The van der Waals surface area contributed by atoms with Crippen molar-refractivity contribution in [2.45, 2.75) is 45.6 Å². The molecule has 1 atom stereocenters. The van der Waals surface area contributed by atoms with E-state index in [0.29, 0.717) is 11.8 Å². The molecular weight excluding hydrogens is 291 g/mol. The molecule has 4 heteroatoms. The molecule has 0 aromatic heterocycles. The van der Waals surface area contributed by atoms with Crippen LogP contribution in [-0.2, 0) is 11.2 Å². The molecule has 0 aliphatic carbocycles. The molecule has 2 saturated heterocycles. The third kappa shape index (κ3) is 3.42. The van der Waals surface area contributed by atoms with Crippen molar-refractivity contribution in [2.24, 2.45) is 11.3 Å². The zero-order valence-corrected chi connectivity index (χ0v) is 14.1. The Morgan fingerprint density at radius 2 is 1.91 bits per heavy atom. The lowest BCUT2D eigenvalue weighted by Gasteiger charge is -2.32. The Bertz CT molecular complexity index is 549. The summed E-state index contributed by atoms with van der Waals surface area (Å²) in [6.07, 6.45) is 3.66. The monoisotopic (exact) mass is 318 g/mol. The van der Waals surface area contributed by atoms with Crippen molar-refractivity contribution in [3.63, 3.8) is 0 Å². The van der Waals surface area contributed by atoms with Gasteiger partial charge in [-0.15, -0.1) is 0 Å². The van der Waals surface area contributed by atoms with Crippen LogP contribution in [-0.4, -0.2) is 36.5 Å². The lowest BCUT2D eigenvalue weighted by Crippen LogP contribution is -2.44. The highest BCUT2D eigenvalue weighted by molar-refractivity contribution is 5.85. The second kappa shape index (κ2) is 6.60. The molecular formula is C19H27FN2O. The largest absolute Gasteiger partial charge is 0.339 e. The maximum atomic E-state index is 13.1.